The predicted molar refractivity (Wildman–Crippen MR) is 173 cm³/mol. The molecular formula is C29H30Br2N6O3S2. The third kappa shape index (κ3) is 6.39. The number of ether oxygens (including phenoxy) is 1. The second kappa shape index (κ2) is 13.4. The predicted octanol–water partition coefficient (Wildman–Crippen LogP) is 5.57. The Morgan fingerprint density at radius 2 is 1.86 bits per heavy atom. The molecule has 42 heavy (non-hydrogen) atoms. The van der Waals surface area contributed by atoms with Gasteiger partial charge in [-0.15, -0.1) is 16.9 Å². The van der Waals surface area contributed by atoms with Gasteiger partial charge >= 0.3 is 5.97 Å². The number of esters is 1. The maximum Gasteiger partial charge on any atom is 0.356 e. The van der Waals surface area contributed by atoms with Crippen molar-refractivity contribution >= 4 is 73.5 Å². The van der Waals surface area contributed by atoms with Crippen LogP contribution in [0.3, 0.4) is 0 Å². The summed E-state index contributed by atoms with van der Waals surface area (Å²) in [5.41, 5.74) is 2.76. The third-order valence-corrected chi connectivity index (χ3v) is 12.6. The van der Waals surface area contributed by atoms with Gasteiger partial charge in [0, 0.05) is 29.6 Å². The van der Waals surface area contributed by atoms with Gasteiger partial charge in [-0.05, 0) is 33.5 Å². The van der Waals surface area contributed by atoms with E-state index in [2.05, 4.69) is 54.3 Å². The number of β-lactam (4-membered cyclic amide) rings is 1. The van der Waals surface area contributed by atoms with E-state index in [1.165, 1.54) is 11.8 Å². The minimum absolute atomic E-state index is 0.112. The molecule has 5 rings (SSSR count). The number of nitrogens with zero attached hydrogens (tertiary/aromatic N) is 6. The molecule has 13 heteroatoms. The molecule has 4 atom stereocenters. The van der Waals surface area contributed by atoms with Gasteiger partial charge in [0.2, 0.25) is 5.16 Å². The average molecular weight is 735 g/mol. The van der Waals surface area contributed by atoms with Gasteiger partial charge in [-0.1, -0.05) is 118 Å². The molecule has 1 fully saturated rings. The lowest BCUT2D eigenvalue weighted by Crippen LogP contribution is -2.64. The number of benzene rings is 2. The summed E-state index contributed by atoms with van der Waals surface area (Å²) >= 11 is 10.4. The van der Waals surface area contributed by atoms with Crippen molar-refractivity contribution in [2.45, 2.75) is 52.1 Å². The van der Waals surface area contributed by atoms with E-state index in [-0.39, 0.29) is 26.1 Å². The molecule has 220 valence electrons. The van der Waals surface area contributed by atoms with Crippen LogP contribution in [0.5, 0.6) is 0 Å². The highest BCUT2D eigenvalue weighted by atomic mass is 79.9. The van der Waals surface area contributed by atoms with Crippen molar-refractivity contribution in [3.05, 3.63) is 83.1 Å². The quantitative estimate of drug-likeness (QED) is 0.0829. The molecule has 1 aromatic heterocycles. The summed E-state index contributed by atoms with van der Waals surface area (Å²) in [5, 5.41) is 12.0. The van der Waals surface area contributed by atoms with Crippen LogP contribution in [0.1, 0.15) is 37.5 Å². The zero-order valence-electron chi connectivity index (χ0n) is 23.3. The van der Waals surface area contributed by atoms with Crippen molar-refractivity contribution in [2.24, 2.45) is 12.0 Å². The number of aliphatic imine (C=N–C) groups is 1. The third-order valence-electron chi connectivity index (χ3n) is 7.25. The number of aryl methyl sites for hydroxylation is 1. The summed E-state index contributed by atoms with van der Waals surface area (Å²) in [6.07, 6.45) is 1.98. The highest BCUT2D eigenvalue weighted by Crippen LogP contribution is 2.44. The minimum atomic E-state index is -0.638. The Morgan fingerprint density at radius 1 is 1.21 bits per heavy atom. The number of alkyl halides is 2. The van der Waals surface area contributed by atoms with E-state index in [1.807, 2.05) is 73.8 Å². The number of carbonyl (C=O) groups is 2. The summed E-state index contributed by atoms with van der Waals surface area (Å²) in [7, 11) is 1.76. The lowest BCUT2D eigenvalue weighted by atomic mass is 10.0. The number of hydrogen-bond donors (Lipinski definition) is 0. The van der Waals surface area contributed by atoms with Gasteiger partial charge in [0.1, 0.15) is 11.1 Å². The molecule has 0 spiro atoms. The summed E-state index contributed by atoms with van der Waals surface area (Å²) in [4.78, 5) is 34.1. The summed E-state index contributed by atoms with van der Waals surface area (Å²) in [6, 6.07) is 18.7. The van der Waals surface area contributed by atoms with Crippen LogP contribution < -0.4 is 0 Å². The molecule has 1 saturated heterocycles. The summed E-state index contributed by atoms with van der Waals surface area (Å²) in [5.74, 6) is 0.214. The Hall–Kier alpha value is -2.48. The first-order valence-corrected chi connectivity index (χ1v) is 17.2. The van der Waals surface area contributed by atoms with E-state index in [9.17, 15) is 9.59 Å². The molecule has 2 aliphatic heterocycles. The molecule has 0 bridgehead atoms. The fraction of sp³-hybridized carbons (Fsp3) is 0.379. The largest absolute Gasteiger partial charge is 0.448 e. The molecule has 0 radical (unpaired) electrons. The molecule has 2 unspecified atom stereocenters. The fourth-order valence-corrected chi connectivity index (χ4v) is 7.58. The van der Waals surface area contributed by atoms with Crippen molar-refractivity contribution in [1.82, 2.24) is 25.1 Å². The second-order valence-electron chi connectivity index (χ2n) is 9.96. The molecule has 1 amide bonds. The number of aromatic nitrogens is 4. The lowest BCUT2D eigenvalue weighted by Gasteiger charge is -2.48. The summed E-state index contributed by atoms with van der Waals surface area (Å²) < 4.78 is 7.44. The van der Waals surface area contributed by atoms with Crippen LogP contribution in [0, 0.1) is 0 Å². The standard InChI is InChI=1S/C29H30Br2N6O3S2/c1-4-29(31,18(2)30)17-32-22-25(38)37-23(21(15-41-26(22)37)16-42-28-33-34-35-36(28)3)27(39)40-24(19-11-7-5-8-12-19)20-13-9-6-10-14-20/h5-14,17-18,22,24,26H,4,15-16H2,1-3H3/t18?,22-,26+,29?/m1/s1. The van der Waals surface area contributed by atoms with Crippen LogP contribution in [-0.4, -0.2) is 75.3 Å². The minimum Gasteiger partial charge on any atom is -0.448 e. The molecule has 2 aliphatic rings. The number of halogens is 2. The van der Waals surface area contributed by atoms with Crippen LogP contribution in [0.4, 0.5) is 0 Å². The lowest BCUT2D eigenvalue weighted by molar-refractivity contribution is -0.153. The maximum atomic E-state index is 14.1. The van der Waals surface area contributed by atoms with Crippen LogP contribution in [0.25, 0.3) is 0 Å². The van der Waals surface area contributed by atoms with Gasteiger partial charge in [0.15, 0.2) is 12.1 Å². The van der Waals surface area contributed by atoms with E-state index >= 15 is 0 Å². The number of hydrogen-bond acceptors (Lipinski definition) is 9. The molecule has 0 aliphatic carbocycles. The van der Waals surface area contributed by atoms with Crippen molar-refractivity contribution in [3.63, 3.8) is 0 Å². The molecule has 2 aromatic carbocycles. The first-order chi connectivity index (χ1) is 20.2. The van der Waals surface area contributed by atoms with Crippen LogP contribution in [0.2, 0.25) is 0 Å². The Kier molecular flexibility index (Phi) is 9.91. The Bertz CT molecular complexity index is 1450. The highest BCUT2D eigenvalue weighted by molar-refractivity contribution is 9.12. The van der Waals surface area contributed by atoms with E-state index in [0.29, 0.717) is 16.7 Å². The second-order valence-corrected chi connectivity index (χ2v) is 14.9. The molecular weight excluding hydrogens is 704 g/mol. The SMILES string of the molecule is CCC(Br)(C=N[C@@H]1C(=O)N2C(C(=O)OC(c3ccccc3)c3ccccc3)=C(CSc3nnnn3C)CS[C@@H]12)C(C)Br. The first-order valence-electron chi connectivity index (χ1n) is 13.4. The molecule has 0 N–H and O–H groups in total. The number of fused-ring (bicyclic) bond motifs is 1. The number of tetrazole rings is 1. The fourth-order valence-electron chi connectivity index (χ4n) is 4.69. The average Bonchev–Trinajstić information content (AvgIpc) is 3.43. The first kappa shape index (κ1) is 31.0. The monoisotopic (exact) mass is 732 g/mol. The van der Waals surface area contributed by atoms with Crippen molar-refractivity contribution in [1.29, 1.82) is 0 Å². The smallest absolute Gasteiger partial charge is 0.356 e. The van der Waals surface area contributed by atoms with Gasteiger partial charge in [-0.25, -0.2) is 9.48 Å². The topological polar surface area (TPSA) is 103 Å². The normalized spacial score (nSPS) is 20.8. The van der Waals surface area contributed by atoms with Gasteiger partial charge in [-0.3, -0.25) is 14.7 Å². The van der Waals surface area contributed by atoms with E-state index in [0.717, 1.165) is 23.1 Å². The number of amides is 1. The van der Waals surface area contributed by atoms with E-state index in [4.69, 9.17) is 9.73 Å². The van der Waals surface area contributed by atoms with Crippen molar-refractivity contribution in [3.8, 4) is 0 Å². The molecule has 3 heterocycles. The van der Waals surface area contributed by atoms with Gasteiger partial charge in [0.05, 0.1) is 4.32 Å². The zero-order valence-corrected chi connectivity index (χ0v) is 28.1. The molecule has 0 saturated carbocycles. The van der Waals surface area contributed by atoms with Crippen LogP contribution >= 0.6 is 55.4 Å². The zero-order chi connectivity index (χ0) is 29.9. The van der Waals surface area contributed by atoms with Gasteiger partial charge < -0.3 is 4.74 Å². The van der Waals surface area contributed by atoms with Crippen molar-refractivity contribution < 1.29 is 14.3 Å². The van der Waals surface area contributed by atoms with Gasteiger partial charge in [-0.2, -0.15) is 0 Å². The number of rotatable bonds is 11. The van der Waals surface area contributed by atoms with Crippen LogP contribution in [-0.2, 0) is 21.4 Å². The van der Waals surface area contributed by atoms with Crippen LogP contribution in [0.15, 0.2) is 82.1 Å². The maximum absolute atomic E-state index is 14.1. The molecule has 3 aromatic rings. The highest BCUT2D eigenvalue weighted by Gasteiger charge is 2.54. The van der Waals surface area contributed by atoms with Gasteiger partial charge in [0.25, 0.3) is 5.91 Å². The van der Waals surface area contributed by atoms with E-state index in [1.54, 1.807) is 28.4 Å². The Labute approximate surface area is 270 Å². The Balaban J connectivity index is 1.46. The summed E-state index contributed by atoms with van der Waals surface area (Å²) in [6.45, 7) is 4.10. The van der Waals surface area contributed by atoms with E-state index < -0.39 is 18.1 Å². The number of carbonyl (C=O) groups excluding carboxylic acids is 2. The number of thioether (sulfide) groups is 2. The molecule has 9 nitrogen and oxygen atoms in total. The van der Waals surface area contributed by atoms with Crippen molar-refractivity contribution in [2.75, 3.05) is 11.5 Å². The Morgan fingerprint density at radius 3 is 2.40 bits per heavy atom.